The van der Waals surface area contributed by atoms with Crippen molar-refractivity contribution in [1.82, 2.24) is 0 Å². The Hall–Kier alpha value is -2.73. The molecule has 1 N–H and O–H groups in total. The Bertz CT molecular complexity index is 834. The summed E-state index contributed by atoms with van der Waals surface area (Å²) in [4.78, 5) is 0. The second-order valence-electron chi connectivity index (χ2n) is 6.33. The van der Waals surface area contributed by atoms with E-state index in [0.29, 0.717) is 24.0 Å². The number of para-hydroxylation sites is 2. The number of nitrogens with zero attached hydrogens (tertiary/aromatic N) is 1. The lowest BCUT2D eigenvalue weighted by atomic mass is 9.76. The third-order valence-corrected chi connectivity index (χ3v) is 5.07. The summed E-state index contributed by atoms with van der Waals surface area (Å²) < 4.78 is 5.86. The van der Waals surface area contributed by atoms with E-state index in [1.807, 2.05) is 31.2 Å². The Balaban J connectivity index is 1.83. The maximum Gasteiger partial charge on any atom is 0.124 e. The van der Waals surface area contributed by atoms with Crippen LogP contribution in [0.3, 0.4) is 0 Å². The first-order valence-corrected chi connectivity index (χ1v) is 8.51. The second kappa shape index (κ2) is 6.05. The minimum atomic E-state index is 0.148. The smallest absolute Gasteiger partial charge is 0.124 e. The molecule has 1 aliphatic carbocycles. The largest absolute Gasteiger partial charge is 0.494 e. The van der Waals surface area contributed by atoms with Crippen LogP contribution in [-0.4, -0.2) is 6.61 Å². The molecule has 2 aromatic rings. The number of anilines is 1. The van der Waals surface area contributed by atoms with E-state index in [9.17, 15) is 5.26 Å². The van der Waals surface area contributed by atoms with Gasteiger partial charge in [-0.25, -0.2) is 0 Å². The second-order valence-corrected chi connectivity index (χ2v) is 6.33. The monoisotopic (exact) mass is 316 g/mol. The molecular weight excluding hydrogens is 296 g/mol. The van der Waals surface area contributed by atoms with Crippen LogP contribution in [0.4, 0.5) is 5.69 Å². The van der Waals surface area contributed by atoms with Gasteiger partial charge in [-0.3, -0.25) is 0 Å². The Morgan fingerprint density at radius 2 is 2.00 bits per heavy atom. The molecule has 0 saturated carbocycles. The summed E-state index contributed by atoms with van der Waals surface area (Å²) in [6.45, 7) is 2.66. The zero-order valence-electron chi connectivity index (χ0n) is 13.7. The molecule has 0 saturated heterocycles. The van der Waals surface area contributed by atoms with Crippen molar-refractivity contribution in [3.8, 4) is 11.8 Å². The van der Waals surface area contributed by atoms with E-state index in [1.54, 1.807) is 0 Å². The predicted octanol–water partition coefficient (Wildman–Crippen LogP) is 4.78. The van der Waals surface area contributed by atoms with Gasteiger partial charge in [-0.2, -0.15) is 5.26 Å². The van der Waals surface area contributed by atoms with Gasteiger partial charge in [0.1, 0.15) is 11.8 Å². The molecule has 1 heterocycles. The molecule has 3 atom stereocenters. The number of allylic oxidation sites excluding steroid dienone is 2. The number of benzene rings is 2. The normalized spacial score (nSPS) is 23.8. The third-order valence-electron chi connectivity index (χ3n) is 5.07. The number of hydrogen-bond acceptors (Lipinski definition) is 3. The van der Waals surface area contributed by atoms with Gasteiger partial charge in [-0.05, 0) is 37.0 Å². The third kappa shape index (κ3) is 2.27. The Morgan fingerprint density at radius 3 is 2.83 bits per heavy atom. The van der Waals surface area contributed by atoms with E-state index >= 15 is 0 Å². The van der Waals surface area contributed by atoms with Crippen molar-refractivity contribution in [2.45, 2.75) is 25.3 Å². The van der Waals surface area contributed by atoms with Crippen LogP contribution in [0.15, 0.2) is 54.6 Å². The molecule has 24 heavy (non-hydrogen) atoms. The molecule has 0 aromatic heterocycles. The van der Waals surface area contributed by atoms with Gasteiger partial charge in [0.2, 0.25) is 0 Å². The van der Waals surface area contributed by atoms with Crippen LogP contribution in [0.1, 0.15) is 42.0 Å². The summed E-state index contributed by atoms with van der Waals surface area (Å²) in [7, 11) is 0. The van der Waals surface area contributed by atoms with Crippen molar-refractivity contribution in [1.29, 1.82) is 5.26 Å². The fraction of sp³-hybridized carbons (Fsp3) is 0.286. The minimum absolute atomic E-state index is 0.148. The van der Waals surface area contributed by atoms with Crippen molar-refractivity contribution in [3.05, 3.63) is 71.3 Å². The Kier molecular flexibility index (Phi) is 3.74. The first kappa shape index (κ1) is 14.8. The quantitative estimate of drug-likeness (QED) is 0.829. The zero-order chi connectivity index (χ0) is 16.5. The molecular formula is C21H20N2O. The van der Waals surface area contributed by atoms with E-state index in [0.717, 1.165) is 17.9 Å². The van der Waals surface area contributed by atoms with Crippen molar-refractivity contribution < 1.29 is 4.74 Å². The maximum atomic E-state index is 9.50. The summed E-state index contributed by atoms with van der Waals surface area (Å²) in [5.41, 5.74) is 4.10. The van der Waals surface area contributed by atoms with Gasteiger partial charge < -0.3 is 10.1 Å². The van der Waals surface area contributed by atoms with Crippen LogP contribution < -0.4 is 10.1 Å². The van der Waals surface area contributed by atoms with E-state index in [1.165, 1.54) is 11.1 Å². The number of hydrogen-bond donors (Lipinski definition) is 1. The highest BCUT2D eigenvalue weighted by Gasteiger charge is 2.39. The molecule has 2 aliphatic rings. The first-order valence-electron chi connectivity index (χ1n) is 8.51. The molecule has 0 radical (unpaired) electrons. The summed E-state index contributed by atoms with van der Waals surface area (Å²) in [5, 5.41) is 13.2. The zero-order valence-corrected chi connectivity index (χ0v) is 13.7. The van der Waals surface area contributed by atoms with Crippen LogP contribution >= 0.6 is 0 Å². The molecule has 0 fully saturated rings. The van der Waals surface area contributed by atoms with Gasteiger partial charge in [0.05, 0.1) is 23.9 Å². The molecule has 0 spiro atoms. The number of fused-ring (bicyclic) bond motifs is 3. The van der Waals surface area contributed by atoms with E-state index in [2.05, 4.69) is 41.7 Å². The van der Waals surface area contributed by atoms with Crippen LogP contribution in [0.2, 0.25) is 0 Å². The summed E-state index contributed by atoms with van der Waals surface area (Å²) >= 11 is 0. The molecule has 0 amide bonds. The standard InChI is InChI=1S/C21H20N2O/c1-2-24-19-12-4-3-8-18(19)21-17-11-6-9-15(17)16-10-5-7-14(13-22)20(16)23-21/h3-10,12,15,17,21,23H,2,11H2,1H3. The van der Waals surface area contributed by atoms with Crippen LogP contribution in [0.25, 0.3) is 0 Å². The average Bonchev–Trinajstić information content (AvgIpc) is 3.11. The van der Waals surface area contributed by atoms with Crippen molar-refractivity contribution in [2.24, 2.45) is 5.92 Å². The van der Waals surface area contributed by atoms with Gasteiger partial charge in [-0.1, -0.05) is 42.5 Å². The maximum absolute atomic E-state index is 9.50. The molecule has 3 nitrogen and oxygen atoms in total. The lowest BCUT2D eigenvalue weighted by molar-refractivity contribution is 0.326. The van der Waals surface area contributed by atoms with Crippen LogP contribution in [-0.2, 0) is 0 Å². The molecule has 3 heteroatoms. The van der Waals surface area contributed by atoms with Gasteiger partial charge in [-0.15, -0.1) is 0 Å². The molecule has 4 rings (SSSR count). The number of nitrogens with one attached hydrogen (secondary N) is 1. The number of nitriles is 1. The number of rotatable bonds is 3. The lowest BCUT2D eigenvalue weighted by Crippen LogP contribution is -2.30. The van der Waals surface area contributed by atoms with Crippen molar-refractivity contribution in [3.63, 3.8) is 0 Å². The van der Waals surface area contributed by atoms with Crippen molar-refractivity contribution >= 4 is 5.69 Å². The van der Waals surface area contributed by atoms with Gasteiger partial charge in [0.15, 0.2) is 0 Å². The highest BCUT2D eigenvalue weighted by molar-refractivity contribution is 5.68. The topological polar surface area (TPSA) is 45.0 Å². The van der Waals surface area contributed by atoms with Gasteiger partial charge in [0, 0.05) is 11.5 Å². The van der Waals surface area contributed by atoms with Crippen LogP contribution in [0.5, 0.6) is 5.75 Å². The Labute approximate surface area is 142 Å². The average molecular weight is 316 g/mol. The molecule has 3 unspecified atom stereocenters. The highest BCUT2D eigenvalue weighted by Crippen LogP contribution is 2.51. The molecule has 1 aliphatic heterocycles. The molecule has 120 valence electrons. The Morgan fingerprint density at radius 1 is 1.17 bits per heavy atom. The molecule has 2 aromatic carbocycles. The predicted molar refractivity (Wildman–Crippen MR) is 95.1 cm³/mol. The highest BCUT2D eigenvalue weighted by atomic mass is 16.5. The first-order chi connectivity index (χ1) is 11.8. The number of ether oxygens (including phenoxy) is 1. The fourth-order valence-electron chi connectivity index (χ4n) is 4.05. The molecule has 0 bridgehead atoms. The summed E-state index contributed by atoms with van der Waals surface area (Å²) in [5.74, 6) is 1.74. The SMILES string of the molecule is CCOc1ccccc1C1Nc2c(C#N)cccc2C2C=CCC21. The summed E-state index contributed by atoms with van der Waals surface area (Å²) in [6, 6.07) is 16.7. The van der Waals surface area contributed by atoms with Gasteiger partial charge in [0.25, 0.3) is 0 Å². The van der Waals surface area contributed by atoms with E-state index in [-0.39, 0.29) is 6.04 Å². The minimum Gasteiger partial charge on any atom is -0.494 e. The fourth-order valence-corrected chi connectivity index (χ4v) is 4.05. The van der Waals surface area contributed by atoms with E-state index < -0.39 is 0 Å². The van der Waals surface area contributed by atoms with E-state index in [4.69, 9.17) is 4.74 Å². The summed E-state index contributed by atoms with van der Waals surface area (Å²) in [6.07, 6.45) is 5.60. The lowest BCUT2D eigenvalue weighted by Gasteiger charge is -2.38. The van der Waals surface area contributed by atoms with Crippen LogP contribution in [0, 0.1) is 17.2 Å². The van der Waals surface area contributed by atoms with Crippen molar-refractivity contribution in [2.75, 3.05) is 11.9 Å². The van der Waals surface area contributed by atoms with Gasteiger partial charge >= 0.3 is 0 Å².